The molecular weight excluding hydrogens is 1220 g/mol. The molecule has 2 N–H and O–H groups in total. The third-order valence-corrected chi connectivity index (χ3v) is 22.5. The Morgan fingerprint density at radius 2 is 0.468 bits per heavy atom. The number of carbonyl (C=O) groups excluding carboxylic acids is 13. The van der Waals surface area contributed by atoms with Gasteiger partial charge in [0.1, 0.15) is 72.5 Å². The number of hydrogen-bond acceptors (Lipinski definition) is 15. The van der Waals surface area contributed by atoms with Gasteiger partial charge in [0.25, 0.3) is 0 Å². The highest BCUT2D eigenvalue weighted by atomic mass is 16.2. The molecule has 508 valence electrons. The van der Waals surface area contributed by atoms with Crippen molar-refractivity contribution in [1.29, 1.82) is 0 Å². The first-order chi connectivity index (χ1) is 45.3. The molecule has 0 aliphatic carbocycles. The zero-order chi connectivity index (χ0) is 66.4. The number of primary amides is 1. The van der Waals surface area contributed by atoms with Crippen LogP contribution in [0.25, 0.3) is 20.9 Å². The van der Waals surface area contributed by atoms with Crippen molar-refractivity contribution in [2.75, 3.05) is 78.5 Å². The van der Waals surface area contributed by atoms with E-state index in [1.807, 2.05) is 0 Å². The maximum Gasteiger partial charge on any atom is 0.246 e. The van der Waals surface area contributed by atoms with Crippen molar-refractivity contribution in [3.63, 3.8) is 0 Å². The van der Waals surface area contributed by atoms with Crippen molar-refractivity contribution in [1.82, 2.24) is 58.8 Å². The lowest BCUT2D eigenvalue weighted by atomic mass is 10.1. The van der Waals surface area contributed by atoms with Crippen LogP contribution in [0.15, 0.2) is 10.2 Å². The van der Waals surface area contributed by atoms with Crippen LogP contribution in [0.5, 0.6) is 0 Å². The third kappa shape index (κ3) is 12.1. The lowest BCUT2D eigenvalue weighted by Crippen LogP contribution is -2.59. The fraction of sp³-hybridized carbons (Fsp3) is 0.790. The van der Waals surface area contributed by atoms with Crippen LogP contribution in [0.1, 0.15) is 148 Å². The van der Waals surface area contributed by atoms with Crippen LogP contribution in [0.4, 0.5) is 0 Å². The summed E-state index contributed by atoms with van der Waals surface area (Å²) in [6, 6.07) is -12.9. The van der Waals surface area contributed by atoms with E-state index in [0.717, 1.165) is 0 Å². The van der Waals surface area contributed by atoms with E-state index in [0.29, 0.717) is 129 Å². The number of hydrogen-bond donors (Lipinski definition) is 1. The van der Waals surface area contributed by atoms with Gasteiger partial charge in [0.15, 0.2) is 0 Å². The highest BCUT2D eigenvalue weighted by Crippen LogP contribution is 2.38. The highest BCUT2D eigenvalue weighted by molar-refractivity contribution is 6.01. The van der Waals surface area contributed by atoms with Gasteiger partial charge < -0.3 is 64.5 Å². The Hall–Kier alpha value is -8.27. The summed E-state index contributed by atoms with van der Waals surface area (Å²) < 4.78 is 0. The van der Waals surface area contributed by atoms with Gasteiger partial charge >= 0.3 is 0 Å². The fourth-order valence-electron chi connectivity index (χ4n) is 18.0. The van der Waals surface area contributed by atoms with E-state index in [1.165, 1.54) is 55.9 Å². The minimum absolute atomic E-state index is 0.0400. The van der Waals surface area contributed by atoms with E-state index in [2.05, 4.69) is 20.1 Å². The second-order valence-corrected chi connectivity index (χ2v) is 27.7. The molecule has 12 saturated heterocycles. The van der Waals surface area contributed by atoms with Crippen molar-refractivity contribution in [2.45, 2.75) is 233 Å². The summed E-state index contributed by atoms with van der Waals surface area (Å²) in [5.74, 6) is -5.64. The molecule has 94 heavy (non-hydrogen) atoms. The minimum atomic E-state index is -1.18. The first-order valence-electron chi connectivity index (χ1n) is 34.3. The van der Waals surface area contributed by atoms with Crippen molar-refractivity contribution in [2.24, 2.45) is 16.0 Å². The lowest BCUT2D eigenvalue weighted by Gasteiger charge is -2.38. The maximum atomic E-state index is 15.1. The molecule has 32 heteroatoms. The van der Waals surface area contributed by atoms with E-state index < -0.39 is 126 Å². The van der Waals surface area contributed by atoms with E-state index >= 15 is 19.2 Å². The summed E-state index contributed by atoms with van der Waals surface area (Å²) in [5.41, 5.74) is 24.8. The largest absolute Gasteiger partial charge is 0.368 e. The van der Waals surface area contributed by atoms with Gasteiger partial charge in [0.05, 0.1) is 12.1 Å². The van der Waals surface area contributed by atoms with E-state index in [1.54, 1.807) is 9.80 Å². The number of nitrogens with two attached hydrogens (primary N) is 1. The molecule has 12 rings (SSSR count). The highest BCUT2D eigenvalue weighted by Gasteiger charge is 2.55. The smallest absolute Gasteiger partial charge is 0.246 e. The van der Waals surface area contributed by atoms with Crippen LogP contribution in [0, 0.1) is 0 Å². The number of rotatable bonds is 14. The molecular formula is C62H87N19O13. The molecule has 13 amide bonds. The van der Waals surface area contributed by atoms with Crippen molar-refractivity contribution in [3.05, 3.63) is 20.9 Å². The van der Waals surface area contributed by atoms with Gasteiger partial charge in [-0.3, -0.25) is 62.3 Å². The fourth-order valence-corrected chi connectivity index (χ4v) is 18.0. The summed E-state index contributed by atoms with van der Waals surface area (Å²) in [6.07, 6.45) is 8.59. The third-order valence-electron chi connectivity index (χ3n) is 22.5. The van der Waals surface area contributed by atoms with Crippen LogP contribution in [-0.2, 0) is 62.3 Å². The van der Waals surface area contributed by atoms with Crippen LogP contribution >= 0.6 is 0 Å². The van der Waals surface area contributed by atoms with Gasteiger partial charge in [-0.05, 0) is 152 Å². The lowest BCUT2D eigenvalue weighted by molar-refractivity contribution is -0.156. The molecule has 0 aromatic heterocycles. The van der Waals surface area contributed by atoms with E-state index in [-0.39, 0.29) is 126 Å². The first-order valence-corrected chi connectivity index (χ1v) is 34.3. The van der Waals surface area contributed by atoms with Crippen LogP contribution < -0.4 is 5.73 Å². The van der Waals surface area contributed by atoms with Crippen LogP contribution in [0.3, 0.4) is 0 Å². The predicted molar refractivity (Wildman–Crippen MR) is 328 cm³/mol. The number of nitrogens with zero attached hydrogens (tertiary/aromatic N) is 18. The van der Waals surface area contributed by atoms with Crippen molar-refractivity contribution >= 4 is 76.8 Å². The number of carbonyl (C=O) groups is 13. The molecule has 32 nitrogen and oxygen atoms in total. The molecule has 12 fully saturated rings. The molecule has 14 atom stereocenters. The molecule has 0 aromatic carbocycles. The standard InChI is InChI=1S/C62H87N19O13/c1-36(82)70-22-3-13-40(70)52(84)72-24-5-15-42(72)56(88)76-28-10-20-47(76)59(91)80-34-38(67-69-65)33-50(80)62(94)79-31-9-19-46(79)58(90)77-29-11-21-48(77)60(92)81-35-37(66-68-64)32-49(81)61(93)78-30-8-18-45(78)57(89)75-27-7-17-44(75)55(87)74-26-6-16-43(74)54(86)73-25-4-14-41(73)53(85)71-23-2-12-39(71)51(63)83/h37-50H,2-35H2,1H3,(H2,63,83)/t37-,38-,39-,40-,41-,42-,43-,44-,45-,46-,47-,48-,49-,50-/m0/s1. The van der Waals surface area contributed by atoms with E-state index in [9.17, 15) is 54.2 Å². The molecule has 0 unspecified atom stereocenters. The molecule has 12 heterocycles. The van der Waals surface area contributed by atoms with Crippen LogP contribution in [0.2, 0.25) is 0 Å². The topological polar surface area (TPSA) is 384 Å². The van der Waals surface area contributed by atoms with Gasteiger partial charge in [0, 0.05) is 95.3 Å². The summed E-state index contributed by atoms with van der Waals surface area (Å²) in [7, 11) is 0. The van der Waals surface area contributed by atoms with Crippen molar-refractivity contribution in [3.8, 4) is 0 Å². The quantitative estimate of drug-likeness (QED) is 0.136. The van der Waals surface area contributed by atoms with Gasteiger partial charge in [-0.1, -0.05) is 10.2 Å². The monoisotopic (exact) mass is 1310 g/mol. The molecule has 0 spiro atoms. The zero-order valence-electron chi connectivity index (χ0n) is 53.6. The Morgan fingerprint density at radius 3 is 0.681 bits per heavy atom. The Bertz CT molecular complexity index is 3210. The SMILES string of the molecule is CC(=O)N1CCC[C@H]1C(=O)N1CCC[C@H]1C(=O)N1CCC[C@H]1C(=O)N1C[C@@H](N=[N+]=[N-])C[C@H]1C(=O)N1CCC[C@H]1C(=O)N1CCC[C@H]1C(=O)N1C[C@@H](N=[N+]=[N-])C[C@H]1C(=O)N1CCC[C@H]1C(=O)N1CCC[C@H]1C(=O)N1CCC[C@H]1C(=O)N1CCC[C@H]1C(=O)N1CCC[C@H]1C(N)=O. The summed E-state index contributed by atoms with van der Waals surface area (Å²) >= 11 is 0. The molecule has 12 aliphatic heterocycles. The zero-order valence-corrected chi connectivity index (χ0v) is 53.6. The molecule has 0 aromatic rings. The van der Waals surface area contributed by atoms with E-state index in [4.69, 9.17) is 5.73 Å². The minimum Gasteiger partial charge on any atom is -0.368 e. The first kappa shape index (κ1) is 65.8. The normalized spacial score (nSPS) is 32.5. The summed E-state index contributed by atoms with van der Waals surface area (Å²) in [6.45, 7) is 3.83. The molecule has 12 aliphatic rings. The Morgan fingerprint density at radius 1 is 0.287 bits per heavy atom. The van der Waals surface area contributed by atoms with Gasteiger partial charge in [-0.2, -0.15) is 0 Å². The Labute approximate surface area is 544 Å². The van der Waals surface area contributed by atoms with Gasteiger partial charge in [-0.15, -0.1) is 0 Å². The summed E-state index contributed by atoms with van der Waals surface area (Å²) in [5, 5.41) is 7.84. The second-order valence-electron chi connectivity index (χ2n) is 27.7. The average molecular weight is 1310 g/mol. The van der Waals surface area contributed by atoms with Crippen LogP contribution in [-0.4, -0.2) is 299 Å². The summed E-state index contributed by atoms with van der Waals surface area (Å²) in [4.78, 5) is 210. The molecule has 0 saturated carbocycles. The van der Waals surface area contributed by atoms with Crippen molar-refractivity contribution < 1.29 is 62.3 Å². The Kier molecular flexibility index (Phi) is 19.3. The van der Waals surface area contributed by atoms with Gasteiger partial charge in [-0.25, -0.2) is 0 Å². The van der Waals surface area contributed by atoms with Gasteiger partial charge in [0.2, 0.25) is 76.8 Å². The molecule has 0 radical (unpaired) electrons. The molecule has 0 bridgehead atoms. The maximum absolute atomic E-state index is 15.1. The Balaban J connectivity index is 0.699. The second kappa shape index (κ2) is 27.6. The average Bonchev–Trinajstić information content (AvgIpc) is 1.61. The predicted octanol–water partition coefficient (Wildman–Crippen LogP) is -0.0388. The number of azide groups is 2. The number of amides is 13. The number of likely N-dealkylation sites (tertiary alicyclic amines) is 12.